The summed E-state index contributed by atoms with van der Waals surface area (Å²) in [6.45, 7) is 8.23. The predicted molar refractivity (Wildman–Crippen MR) is 76.8 cm³/mol. The fourth-order valence-corrected chi connectivity index (χ4v) is 1.80. The minimum absolute atomic E-state index is 0.218. The number of nitrogens with one attached hydrogen (secondary N) is 2. The highest BCUT2D eigenvalue weighted by molar-refractivity contribution is 5.24. The molecule has 102 valence electrons. The average Bonchev–Trinajstić information content (AvgIpc) is 2.38. The van der Waals surface area contributed by atoms with Crippen LogP contribution in [0.2, 0.25) is 0 Å². The lowest BCUT2D eigenvalue weighted by Crippen LogP contribution is -2.23. The molecule has 0 spiro atoms. The largest absolute Gasteiger partial charge is 0.395 e. The molecule has 18 heavy (non-hydrogen) atoms. The summed E-state index contributed by atoms with van der Waals surface area (Å²) in [6, 6.07) is 8.83. The summed E-state index contributed by atoms with van der Waals surface area (Å²) >= 11 is 0. The molecule has 0 unspecified atom stereocenters. The second-order valence-electron chi connectivity index (χ2n) is 4.90. The molecular weight excluding hydrogens is 224 g/mol. The van der Waals surface area contributed by atoms with Crippen LogP contribution in [0.4, 0.5) is 0 Å². The van der Waals surface area contributed by atoms with Gasteiger partial charge >= 0.3 is 0 Å². The molecule has 0 amide bonds. The molecule has 3 N–H and O–H groups in total. The molecule has 0 aromatic heterocycles. The van der Waals surface area contributed by atoms with Gasteiger partial charge in [0.2, 0.25) is 0 Å². The maximum Gasteiger partial charge on any atom is 0.0555 e. The molecular formula is C15H26N2O. The second-order valence-corrected chi connectivity index (χ2v) is 4.90. The molecule has 3 nitrogen and oxygen atoms in total. The van der Waals surface area contributed by atoms with Gasteiger partial charge in [0.1, 0.15) is 0 Å². The van der Waals surface area contributed by atoms with Gasteiger partial charge in [-0.1, -0.05) is 38.1 Å². The Kier molecular flexibility index (Phi) is 7.65. The number of hydrogen-bond acceptors (Lipinski definition) is 3. The average molecular weight is 250 g/mol. The summed E-state index contributed by atoms with van der Waals surface area (Å²) in [4.78, 5) is 0. The van der Waals surface area contributed by atoms with Crippen LogP contribution in [0.25, 0.3) is 0 Å². The van der Waals surface area contributed by atoms with Gasteiger partial charge in [-0.3, -0.25) is 0 Å². The lowest BCUT2D eigenvalue weighted by molar-refractivity contribution is 0.292. The number of hydrogen-bond donors (Lipinski definition) is 3. The Labute approximate surface area is 111 Å². The van der Waals surface area contributed by atoms with E-state index < -0.39 is 0 Å². The van der Waals surface area contributed by atoms with Crippen molar-refractivity contribution in [1.29, 1.82) is 0 Å². The van der Waals surface area contributed by atoms with E-state index in [-0.39, 0.29) is 6.61 Å². The Morgan fingerprint density at radius 3 is 2.28 bits per heavy atom. The van der Waals surface area contributed by atoms with Gasteiger partial charge in [0, 0.05) is 13.1 Å². The third kappa shape index (κ3) is 6.15. The van der Waals surface area contributed by atoms with Crippen molar-refractivity contribution in [2.45, 2.75) is 32.7 Å². The second kappa shape index (κ2) is 9.09. The van der Waals surface area contributed by atoms with E-state index in [2.05, 4.69) is 48.7 Å². The standard InChI is InChI=1S/C15H26N2O/c1-13(2)15-6-4-14(5-7-15)12-17-9-3-8-16-10-11-18/h4-7,13,16-18H,3,8-12H2,1-2H3. The lowest BCUT2D eigenvalue weighted by Gasteiger charge is -2.08. The zero-order valence-corrected chi connectivity index (χ0v) is 11.6. The Bertz CT molecular complexity index is 309. The topological polar surface area (TPSA) is 44.3 Å². The maximum atomic E-state index is 8.60. The van der Waals surface area contributed by atoms with Crippen LogP contribution in [0.3, 0.4) is 0 Å². The van der Waals surface area contributed by atoms with Crippen LogP contribution in [0, 0.1) is 0 Å². The molecule has 0 radical (unpaired) electrons. The third-order valence-electron chi connectivity index (χ3n) is 2.97. The molecule has 0 fully saturated rings. The molecule has 0 heterocycles. The van der Waals surface area contributed by atoms with E-state index in [0.717, 1.165) is 26.1 Å². The highest BCUT2D eigenvalue weighted by atomic mass is 16.3. The minimum Gasteiger partial charge on any atom is -0.395 e. The van der Waals surface area contributed by atoms with Crippen LogP contribution in [0.1, 0.15) is 37.3 Å². The molecule has 0 aliphatic heterocycles. The first-order valence-corrected chi connectivity index (χ1v) is 6.85. The summed E-state index contributed by atoms with van der Waals surface area (Å²) in [7, 11) is 0. The first-order chi connectivity index (χ1) is 8.74. The zero-order valence-electron chi connectivity index (χ0n) is 11.6. The van der Waals surface area contributed by atoms with Gasteiger partial charge in [-0.25, -0.2) is 0 Å². The Morgan fingerprint density at radius 1 is 1.00 bits per heavy atom. The van der Waals surface area contributed by atoms with E-state index in [1.54, 1.807) is 0 Å². The van der Waals surface area contributed by atoms with E-state index in [4.69, 9.17) is 5.11 Å². The zero-order chi connectivity index (χ0) is 13.2. The quantitative estimate of drug-likeness (QED) is 0.586. The van der Waals surface area contributed by atoms with Gasteiger partial charge in [0.25, 0.3) is 0 Å². The molecule has 0 aliphatic rings. The van der Waals surface area contributed by atoms with Crippen LogP contribution in [-0.4, -0.2) is 31.3 Å². The molecule has 0 saturated heterocycles. The molecule has 0 aliphatic carbocycles. The molecule has 3 heteroatoms. The fraction of sp³-hybridized carbons (Fsp3) is 0.600. The first kappa shape index (κ1) is 15.2. The minimum atomic E-state index is 0.218. The number of aliphatic hydroxyl groups excluding tert-OH is 1. The molecule has 0 saturated carbocycles. The van der Waals surface area contributed by atoms with Crippen molar-refractivity contribution in [3.63, 3.8) is 0 Å². The highest BCUT2D eigenvalue weighted by Crippen LogP contribution is 2.14. The summed E-state index contributed by atoms with van der Waals surface area (Å²) in [5, 5.41) is 15.2. The Hall–Kier alpha value is -0.900. The molecule has 1 rings (SSSR count). The third-order valence-corrected chi connectivity index (χ3v) is 2.97. The monoisotopic (exact) mass is 250 g/mol. The summed E-state index contributed by atoms with van der Waals surface area (Å²) in [5.41, 5.74) is 2.73. The fourth-order valence-electron chi connectivity index (χ4n) is 1.80. The van der Waals surface area contributed by atoms with Gasteiger partial charge < -0.3 is 15.7 Å². The van der Waals surface area contributed by atoms with Crippen molar-refractivity contribution < 1.29 is 5.11 Å². The van der Waals surface area contributed by atoms with Crippen molar-refractivity contribution in [3.8, 4) is 0 Å². The molecule has 0 atom stereocenters. The van der Waals surface area contributed by atoms with Crippen LogP contribution in [0.15, 0.2) is 24.3 Å². The van der Waals surface area contributed by atoms with Crippen molar-refractivity contribution in [2.24, 2.45) is 0 Å². The summed E-state index contributed by atoms with van der Waals surface area (Å²) in [5.74, 6) is 0.601. The van der Waals surface area contributed by atoms with Crippen molar-refractivity contribution in [3.05, 3.63) is 35.4 Å². The van der Waals surface area contributed by atoms with Gasteiger partial charge in [0.05, 0.1) is 6.61 Å². The van der Waals surface area contributed by atoms with Gasteiger partial charge in [-0.2, -0.15) is 0 Å². The number of rotatable bonds is 9. The van der Waals surface area contributed by atoms with Gasteiger partial charge in [0.15, 0.2) is 0 Å². The smallest absolute Gasteiger partial charge is 0.0555 e. The van der Waals surface area contributed by atoms with Crippen molar-refractivity contribution in [2.75, 3.05) is 26.2 Å². The van der Waals surface area contributed by atoms with Crippen molar-refractivity contribution in [1.82, 2.24) is 10.6 Å². The van der Waals surface area contributed by atoms with Crippen LogP contribution < -0.4 is 10.6 Å². The van der Waals surface area contributed by atoms with E-state index >= 15 is 0 Å². The summed E-state index contributed by atoms with van der Waals surface area (Å²) < 4.78 is 0. The number of benzene rings is 1. The van der Waals surface area contributed by atoms with Crippen LogP contribution in [-0.2, 0) is 6.54 Å². The molecule has 1 aromatic rings. The van der Waals surface area contributed by atoms with E-state index in [1.807, 2.05) is 0 Å². The van der Waals surface area contributed by atoms with Gasteiger partial charge in [-0.05, 0) is 36.6 Å². The SMILES string of the molecule is CC(C)c1ccc(CNCCCNCCO)cc1. The van der Waals surface area contributed by atoms with E-state index in [1.165, 1.54) is 11.1 Å². The van der Waals surface area contributed by atoms with Crippen LogP contribution in [0.5, 0.6) is 0 Å². The van der Waals surface area contributed by atoms with Gasteiger partial charge in [-0.15, -0.1) is 0 Å². The first-order valence-electron chi connectivity index (χ1n) is 6.85. The Morgan fingerprint density at radius 2 is 1.67 bits per heavy atom. The number of aliphatic hydroxyl groups is 1. The lowest BCUT2D eigenvalue weighted by atomic mass is 10.0. The van der Waals surface area contributed by atoms with Crippen LogP contribution >= 0.6 is 0 Å². The Balaban J connectivity index is 2.12. The normalized spacial score (nSPS) is 11.1. The molecule has 1 aromatic carbocycles. The van der Waals surface area contributed by atoms with Crippen molar-refractivity contribution >= 4 is 0 Å². The summed E-state index contributed by atoms with van der Waals surface area (Å²) in [6.07, 6.45) is 1.09. The predicted octanol–water partition coefficient (Wildman–Crippen LogP) is 1.87. The van der Waals surface area contributed by atoms with E-state index in [9.17, 15) is 0 Å². The maximum absolute atomic E-state index is 8.60. The van der Waals surface area contributed by atoms with E-state index in [0.29, 0.717) is 12.5 Å². The molecule has 0 bridgehead atoms. The highest BCUT2D eigenvalue weighted by Gasteiger charge is 1.98.